The molecule has 0 aromatic heterocycles. The Kier molecular flexibility index (Phi) is 3.85. The first-order chi connectivity index (χ1) is 4.54. The van der Waals surface area contributed by atoms with Gasteiger partial charge in [-0.1, -0.05) is 6.92 Å². The Hall–Kier alpha value is -0.130. The maximum atomic E-state index is 10.9. The maximum Gasteiger partial charge on any atom is 0.278 e. The highest BCUT2D eigenvalue weighted by atomic mass is 32.2. The van der Waals surface area contributed by atoms with E-state index in [-0.39, 0.29) is 0 Å². The minimum Gasteiger partial charge on any atom is -0.205 e. The molecular formula is C5H14N2O2S. The van der Waals surface area contributed by atoms with Crippen molar-refractivity contribution in [2.75, 3.05) is 20.6 Å². The molecule has 0 bridgehead atoms. The molecule has 0 rings (SSSR count). The summed E-state index contributed by atoms with van der Waals surface area (Å²) in [7, 11) is -0.222. The molecule has 1 N–H and O–H groups in total. The van der Waals surface area contributed by atoms with Gasteiger partial charge in [0.1, 0.15) is 0 Å². The van der Waals surface area contributed by atoms with Crippen LogP contribution < -0.4 is 4.72 Å². The second-order valence-electron chi connectivity index (χ2n) is 2.03. The Morgan fingerprint density at radius 2 is 2.00 bits per heavy atom. The molecule has 0 aliphatic heterocycles. The molecule has 0 spiro atoms. The zero-order valence-corrected chi connectivity index (χ0v) is 7.40. The largest absolute Gasteiger partial charge is 0.278 e. The summed E-state index contributed by atoms with van der Waals surface area (Å²) in [5.74, 6) is 0. The third-order valence-corrected chi connectivity index (χ3v) is 2.73. The molecule has 0 atom stereocenters. The Morgan fingerprint density at radius 1 is 1.50 bits per heavy atom. The standard InChI is InChI=1S/C5H14N2O2S/c1-4-5-7(3)10(8,9)6-2/h6H,4-5H2,1-3H3. The molecule has 5 heteroatoms. The topological polar surface area (TPSA) is 49.4 Å². The third-order valence-electron chi connectivity index (χ3n) is 1.21. The minimum absolute atomic E-state index is 0.559. The van der Waals surface area contributed by atoms with Crippen molar-refractivity contribution in [2.45, 2.75) is 13.3 Å². The molecule has 4 nitrogen and oxygen atoms in total. The average Bonchev–Trinajstić information content (AvgIpc) is 1.89. The van der Waals surface area contributed by atoms with E-state index in [1.807, 2.05) is 6.92 Å². The SMILES string of the molecule is CCCN(C)S(=O)(=O)NC. The van der Waals surface area contributed by atoms with Crippen molar-refractivity contribution in [3.63, 3.8) is 0 Å². The van der Waals surface area contributed by atoms with Gasteiger partial charge in [0.05, 0.1) is 0 Å². The van der Waals surface area contributed by atoms with Crippen LogP contribution in [0.1, 0.15) is 13.3 Å². The van der Waals surface area contributed by atoms with Gasteiger partial charge in [0.15, 0.2) is 0 Å². The van der Waals surface area contributed by atoms with Crippen molar-refractivity contribution < 1.29 is 8.42 Å². The van der Waals surface area contributed by atoms with E-state index in [0.717, 1.165) is 6.42 Å². The summed E-state index contributed by atoms with van der Waals surface area (Å²) < 4.78 is 25.3. The highest BCUT2D eigenvalue weighted by Gasteiger charge is 2.12. The van der Waals surface area contributed by atoms with E-state index in [2.05, 4.69) is 4.72 Å². The molecule has 0 radical (unpaired) electrons. The Balaban J connectivity index is 4.06. The van der Waals surface area contributed by atoms with E-state index < -0.39 is 10.2 Å². The van der Waals surface area contributed by atoms with Crippen molar-refractivity contribution in [2.24, 2.45) is 0 Å². The van der Waals surface area contributed by atoms with Crippen LogP contribution in [-0.2, 0) is 10.2 Å². The van der Waals surface area contributed by atoms with E-state index in [0.29, 0.717) is 6.54 Å². The van der Waals surface area contributed by atoms with Crippen molar-refractivity contribution in [1.29, 1.82) is 0 Å². The zero-order chi connectivity index (χ0) is 8.20. The van der Waals surface area contributed by atoms with Crippen LogP contribution in [0.4, 0.5) is 0 Å². The van der Waals surface area contributed by atoms with E-state index >= 15 is 0 Å². The van der Waals surface area contributed by atoms with Crippen LogP contribution in [0.3, 0.4) is 0 Å². The Labute approximate surface area is 62.4 Å². The quantitative estimate of drug-likeness (QED) is 0.628. The fourth-order valence-corrected chi connectivity index (χ4v) is 1.33. The fourth-order valence-electron chi connectivity index (χ4n) is 0.591. The van der Waals surface area contributed by atoms with Gasteiger partial charge in [-0.15, -0.1) is 0 Å². The van der Waals surface area contributed by atoms with Crippen LogP contribution in [0.2, 0.25) is 0 Å². The van der Waals surface area contributed by atoms with Crippen LogP contribution in [0.5, 0.6) is 0 Å². The van der Waals surface area contributed by atoms with Crippen LogP contribution in [0.25, 0.3) is 0 Å². The molecule has 0 aromatic carbocycles. The minimum atomic E-state index is -3.18. The number of rotatable bonds is 4. The van der Waals surface area contributed by atoms with E-state index in [1.165, 1.54) is 11.4 Å². The molecule has 0 heterocycles. The monoisotopic (exact) mass is 166 g/mol. The van der Waals surface area contributed by atoms with Crippen LogP contribution in [-0.4, -0.2) is 33.4 Å². The van der Waals surface area contributed by atoms with Crippen molar-refractivity contribution in [3.8, 4) is 0 Å². The molecule has 62 valence electrons. The lowest BCUT2D eigenvalue weighted by Crippen LogP contribution is -2.36. The van der Waals surface area contributed by atoms with Gasteiger partial charge in [0.2, 0.25) is 0 Å². The lowest BCUT2D eigenvalue weighted by molar-refractivity contribution is 0.461. The van der Waals surface area contributed by atoms with E-state index in [1.54, 1.807) is 7.05 Å². The number of nitrogens with one attached hydrogen (secondary N) is 1. The molecular weight excluding hydrogens is 152 g/mol. The van der Waals surface area contributed by atoms with Gasteiger partial charge >= 0.3 is 0 Å². The van der Waals surface area contributed by atoms with Crippen molar-refractivity contribution in [1.82, 2.24) is 9.03 Å². The van der Waals surface area contributed by atoms with Crippen LogP contribution >= 0.6 is 0 Å². The van der Waals surface area contributed by atoms with Crippen LogP contribution in [0.15, 0.2) is 0 Å². The van der Waals surface area contributed by atoms with Gasteiger partial charge in [-0.25, -0.2) is 4.72 Å². The van der Waals surface area contributed by atoms with Crippen molar-refractivity contribution in [3.05, 3.63) is 0 Å². The number of hydrogen-bond acceptors (Lipinski definition) is 2. The van der Waals surface area contributed by atoms with E-state index in [9.17, 15) is 8.42 Å². The molecule has 0 saturated carbocycles. The van der Waals surface area contributed by atoms with Gasteiger partial charge in [0, 0.05) is 20.6 Å². The average molecular weight is 166 g/mol. The van der Waals surface area contributed by atoms with Crippen molar-refractivity contribution >= 4 is 10.2 Å². The first-order valence-corrected chi connectivity index (χ1v) is 4.63. The molecule has 0 aromatic rings. The summed E-state index contributed by atoms with van der Waals surface area (Å²) in [5, 5.41) is 0. The molecule has 0 unspecified atom stereocenters. The van der Waals surface area contributed by atoms with E-state index in [4.69, 9.17) is 0 Å². The van der Waals surface area contributed by atoms with Crippen LogP contribution in [0, 0.1) is 0 Å². The van der Waals surface area contributed by atoms with Gasteiger partial charge < -0.3 is 0 Å². The van der Waals surface area contributed by atoms with Gasteiger partial charge in [-0.3, -0.25) is 0 Å². The first kappa shape index (κ1) is 9.87. The molecule has 0 aliphatic rings. The summed E-state index contributed by atoms with van der Waals surface area (Å²) in [6.07, 6.45) is 0.831. The second-order valence-corrected chi connectivity index (χ2v) is 4.01. The molecule has 0 saturated heterocycles. The number of nitrogens with zero attached hydrogens (tertiary/aromatic N) is 1. The maximum absolute atomic E-state index is 10.9. The van der Waals surface area contributed by atoms with Gasteiger partial charge in [-0.2, -0.15) is 12.7 Å². The zero-order valence-electron chi connectivity index (χ0n) is 6.59. The normalized spacial score (nSPS) is 12.4. The lowest BCUT2D eigenvalue weighted by Gasteiger charge is -2.13. The summed E-state index contributed by atoms with van der Waals surface area (Å²) in [5.41, 5.74) is 0. The lowest BCUT2D eigenvalue weighted by atomic mass is 10.5. The third kappa shape index (κ3) is 2.64. The smallest absolute Gasteiger partial charge is 0.205 e. The summed E-state index contributed by atoms with van der Waals surface area (Å²) >= 11 is 0. The Bertz CT molecular complexity index is 176. The molecule has 0 fully saturated rings. The summed E-state index contributed by atoms with van der Waals surface area (Å²) in [4.78, 5) is 0. The fraction of sp³-hybridized carbons (Fsp3) is 1.00. The summed E-state index contributed by atoms with van der Waals surface area (Å²) in [6, 6.07) is 0. The summed E-state index contributed by atoms with van der Waals surface area (Å²) in [6.45, 7) is 2.49. The number of hydrogen-bond donors (Lipinski definition) is 1. The first-order valence-electron chi connectivity index (χ1n) is 3.19. The second kappa shape index (κ2) is 3.90. The molecule has 0 amide bonds. The predicted octanol–water partition coefficient (Wildman–Crippen LogP) is -0.208. The highest BCUT2D eigenvalue weighted by Crippen LogP contribution is 1.92. The van der Waals surface area contributed by atoms with Gasteiger partial charge in [-0.05, 0) is 6.42 Å². The predicted molar refractivity (Wildman–Crippen MR) is 40.9 cm³/mol. The molecule has 0 aliphatic carbocycles. The Morgan fingerprint density at radius 3 is 2.30 bits per heavy atom. The highest BCUT2D eigenvalue weighted by molar-refractivity contribution is 7.87. The van der Waals surface area contributed by atoms with Gasteiger partial charge in [0.25, 0.3) is 10.2 Å². The molecule has 10 heavy (non-hydrogen) atoms.